The Morgan fingerprint density at radius 1 is 0.724 bits per heavy atom. The van der Waals surface area contributed by atoms with Gasteiger partial charge >= 0.3 is 0 Å². The molecule has 0 radical (unpaired) electrons. The van der Waals surface area contributed by atoms with Crippen LogP contribution >= 0.6 is 11.3 Å². The van der Waals surface area contributed by atoms with E-state index in [0.29, 0.717) is 44.3 Å². The highest BCUT2D eigenvalue weighted by Crippen LogP contribution is 2.40. The monoisotopic (exact) mass is 1190 g/mol. The lowest BCUT2D eigenvalue weighted by Crippen LogP contribution is -2.57. The molecule has 2 fully saturated rings. The number of likely N-dealkylation sites (tertiary alicyclic amines) is 1. The highest BCUT2D eigenvalue weighted by atomic mass is 32.1. The van der Waals surface area contributed by atoms with Crippen molar-refractivity contribution in [1.82, 2.24) is 40.0 Å². The molecule has 3 aromatic heterocycles. The highest BCUT2D eigenvalue weighted by molar-refractivity contribution is 7.13. The van der Waals surface area contributed by atoms with Crippen LogP contribution in [0.2, 0.25) is 0 Å². The maximum atomic E-state index is 14.1. The third kappa shape index (κ3) is 17.1. The number of carbonyl (C=O) groups is 4. The third-order valence-corrected chi connectivity index (χ3v) is 18.0. The number of rotatable bonds is 26. The van der Waals surface area contributed by atoms with E-state index in [1.165, 1.54) is 4.90 Å². The Morgan fingerprint density at radius 2 is 1.39 bits per heavy atom. The highest BCUT2D eigenvalue weighted by Gasteiger charge is 2.44. The van der Waals surface area contributed by atoms with Crippen LogP contribution in [0.1, 0.15) is 165 Å². The average Bonchev–Trinajstić information content (AvgIpc) is 3.00. The molecule has 1 saturated carbocycles. The first-order valence-electron chi connectivity index (χ1n) is 31.5. The predicted octanol–water partition coefficient (Wildman–Crippen LogP) is 12.0. The number of aliphatic hydroxyl groups excluding tert-OH is 2. The number of hydrogen-bond donors (Lipinski definition) is 6. The lowest BCUT2D eigenvalue weighted by Gasteiger charge is -2.35. The van der Waals surface area contributed by atoms with Gasteiger partial charge in [-0.1, -0.05) is 168 Å². The molecule has 4 aromatic carbocycles. The van der Waals surface area contributed by atoms with Crippen molar-refractivity contribution in [3.05, 3.63) is 149 Å². The first-order chi connectivity index (χ1) is 42.1. The number of amides is 4. The summed E-state index contributed by atoms with van der Waals surface area (Å²) in [5.41, 5.74) is 11.4. The normalized spacial score (nSPS) is 17.1. The number of nitrogens with zero attached hydrogens (tertiary/aromatic N) is 5. The van der Waals surface area contributed by atoms with Gasteiger partial charge in [-0.15, -0.1) is 11.3 Å². The topological polar surface area (TPSA) is 208 Å². The summed E-state index contributed by atoms with van der Waals surface area (Å²) < 4.78 is 4.27. The minimum Gasteiger partial charge on any atom is -0.393 e. The van der Waals surface area contributed by atoms with Crippen LogP contribution in [0.15, 0.2) is 121 Å². The molecule has 1 aliphatic heterocycles. The Bertz CT molecular complexity index is 3550. The molecule has 9 rings (SSSR count). The first-order valence-corrected chi connectivity index (χ1v) is 32.4. The number of aliphatic hydroxyl groups is 2. The summed E-state index contributed by atoms with van der Waals surface area (Å²) in [4.78, 5) is 65.5. The molecule has 4 amide bonds. The number of hydrogen-bond acceptors (Lipinski definition) is 10. The molecule has 0 unspecified atom stereocenters. The Labute approximate surface area is 517 Å². The SMILES string of the molecule is Cc1ncsc1-c1ccc(CNC(=O)[C@@H]2C[C@@H](O)CN2C(=O)[C@@H](NC(=O)CCCCCCCCCCNC(=O)CCCCC#Cc2cccc(Cn3c(-c4ccccc4)c(-c4ccccc4)c4c(=N)n(C5CCC(O)CC5)cnc43)c2)C(C)(C)C)cc1. The second-order valence-corrected chi connectivity index (χ2v) is 25.6. The van der Waals surface area contributed by atoms with Crippen molar-refractivity contribution < 1.29 is 29.4 Å². The van der Waals surface area contributed by atoms with E-state index in [9.17, 15) is 34.8 Å². The second-order valence-electron chi connectivity index (χ2n) is 24.8. The van der Waals surface area contributed by atoms with Gasteiger partial charge in [0, 0.05) is 69.0 Å². The number of aromatic nitrogens is 4. The molecule has 7 aromatic rings. The second kappa shape index (κ2) is 30.8. The molecule has 16 heteroatoms. The number of β-amino-alcohol motifs (C(OH)–C–C–N with tert-alkyl or cyclic N) is 1. The number of benzene rings is 4. The summed E-state index contributed by atoms with van der Waals surface area (Å²) >= 11 is 1.58. The zero-order valence-corrected chi connectivity index (χ0v) is 52.0. The number of unbranched alkanes of at least 4 members (excludes halogenated alkanes) is 9. The van der Waals surface area contributed by atoms with Gasteiger partial charge in [-0.3, -0.25) is 24.6 Å². The maximum absolute atomic E-state index is 14.1. The molecule has 1 saturated heterocycles. The summed E-state index contributed by atoms with van der Waals surface area (Å²) in [5, 5.41) is 40.5. The maximum Gasteiger partial charge on any atom is 0.246 e. The van der Waals surface area contributed by atoms with Gasteiger partial charge < -0.3 is 40.2 Å². The van der Waals surface area contributed by atoms with Crippen molar-refractivity contribution >= 4 is 46.0 Å². The van der Waals surface area contributed by atoms with E-state index in [1.54, 1.807) is 11.3 Å². The molecule has 6 N–H and O–H groups in total. The molecule has 458 valence electrons. The molecule has 15 nitrogen and oxygen atoms in total. The van der Waals surface area contributed by atoms with Gasteiger partial charge in [0.05, 0.1) is 45.7 Å². The Hall–Kier alpha value is -7.71. The summed E-state index contributed by atoms with van der Waals surface area (Å²) in [6.07, 6.45) is 14.9. The smallest absolute Gasteiger partial charge is 0.246 e. The van der Waals surface area contributed by atoms with Crippen LogP contribution in [0.25, 0.3) is 43.9 Å². The number of nitrogens with one attached hydrogen (secondary N) is 4. The molecular formula is C71H87N9O6S. The molecule has 0 bridgehead atoms. The summed E-state index contributed by atoms with van der Waals surface area (Å²) in [6.45, 7) is 9.19. The van der Waals surface area contributed by atoms with E-state index in [4.69, 9.17) is 4.98 Å². The van der Waals surface area contributed by atoms with Crippen molar-refractivity contribution in [1.29, 1.82) is 5.41 Å². The van der Waals surface area contributed by atoms with Gasteiger partial charge in [-0.2, -0.15) is 0 Å². The summed E-state index contributed by atoms with van der Waals surface area (Å²) in [7, 11) is 0. The lowest BCUT2D eigenvalue weighted by molar-refractivity contribution is -0.144. The average molecular weight is 1190 g/mol. The van der Waals surface area contributed by atoms with E-state index in [2.05, 4.69) is 85.9 Å². The zero-order valence-electron chi connectivity index (χ0n) is 51.2. The largest absolute Gasteiger partial charge is 0.393 e. The van der Waals surface area contributed by atoms with E-state index in [1.807, 2.05) is 105 Å². The minimum absolute atomic E-state index is 0.0307. The number of carbonyl (C=O) groups excluding carboxylic acids is 4. The Morgan fingerprint density at radius 3 is 2.08 bits per heavy atom. The van der Waals surface area contributed by atoms with Gasteiger partial charge in [-0.05, 0) is 104 Å². The van der Waals surface area contributed by atoms with Crippen LogP contribution in [0, 0.1) is 29.6 Å². The minimum atomic E-state index is -0.854. The van der Waals surface area contributed by atoms with Crippen molar-refractivity contribution in [2.24, 2.45) is 5.41 Å². The quantitative estimate of drug-likeness (QED) is 0.0227. The summed E-state index contributed by atoms with van der Waals surface area (Å²) in [5.74, 6) is 5.91. The van der Waals surface area contributed by atoms with Crippen molar-refractivity contribution in [3.8, 4) is 44.7 Å². The Kier molecular flexibility index (Phi) is 22.6. The van der Waals surface area contributed by atoms with Gasteiger partial charge in [0.15, 0.2) is 0 Å². The zero-order chi connectivity index (χ0) is 61.3. The van der Waals surface area contributed by atoms with Crippen LogP contribution in [-0.4, -0.2) is 95.2 Å². The van der Waals surface area contributed by atoms with Crippen LogP contribution < -0.4 is 21.4 Å². The van der Waals surface area contributed by atoms with E-state index in [0.717, 1.165) is 150 Å². The molecule has 2 aliphatic rings. The van der Waals surface area contributed by atoms with E-state index in [-0.39, 0.29) is 55.3 Å². The van der Waals surface area contributed by atoms with Gasteiger partial charge in [0.1, 0.15) is 23.2 Å². The number of aryl methyl sites for hydroxylation is 1. The van der Waals surface area contributed by atoms with E-state index < -0.39 is 23.6 Å². The van der Waals surface area contributed by atoms with E-state index >= 15 is 0 Å². The van der Waals surface area contributed by atoms with Crippen molar-refractivity contribution in [2.75, 3.05) is 13.1 Å². The standard InChI is InChI=1S/C71H87N9O6S/c1-49-65(87-48-76-49)55-35-33-51(34-36-55)44-74-69(85)59-43-58(82)46-78(59)70(86)66(71(2,3)4)77-61(84)32-21-9-7-5-6-8-12-22-41-73-60(83)31-20-11-10-15-24-50-25-23-26-52(42-50)45-79-64(54-29-18-14-19-30-54)62(53-27-16-13-17-28-53)63-67(72)80(47-75-68(63)79)56-37-39-57(81)40-38-56/h13-14,16-19,23,25-30,33-36,42,47-48,56-59,66,72,81-82H,5-12,20-22,31-32,37-41,43-46H2,1-4H3,(H,73,83)(H,74,85)(H,77,84)/t56?,57?,58-,59+,66-/m1/s1. The molecule has 1 aliphatic carbocycles. The van der Waals surface area contributed by atoms with Crippen molar-refractivity contribution in [2.45, 2.75) is 187 Å². The third-order valence-electron chi connectivity index (χ3n) is 17.0. The van der Waals surface area contributed by atoms with Crippen LogP contribution in [0.5, 0.6) is 0 Å². The van der Waals surface area contributed by atoms with Gasteiger partial charge in [0.2, 0.25) is 23.6 Å². The molecular weight excluding hydrogens is 1110 g/mol. The molecule has 0 spiro atoms. The van der Waals surface area contributed by atoms with Crippen LogP contribution in [0.3, 0.4) is 0 Å². The lowest BCUT2D eigenvalue weighted by atomic mass is 9.85. The first kappa shape index (κ1) is 63.8. The summed E-state index contributed by atoms with van der Waals surface area (Å²) in [6, 6.07) is 35.4. The predicted molar refractivity (Wildman–Crippen MR) is 345 cm³/mol. The van der Waals surface area contributed by atoms with Crippen LogP contribution in [0.4, 0.5) is 0 Å². The molecule has 87 heavy (non-hydrogen) atoms. The fourth-order valence-corrected chi connectivity index (χ4v) is 13.0. The molecule has 4 heterocycles. The fraction of sp³-hybridized carbons (Fsp3) is 0.451. The van der Waals surface area contributed by atoms with Crippen LogP contribution in [-0.2, 0) is 32.3 Å². The Balaban J connectivity index is 0.652. The number of thiazole rings is 1. The number of fused-ring (bicyclic) bond motifs is 1. The van der Waals surface area contributed by atoms with Gasteiger partial charge in [-0.25, -0.2) is 9.97 Å². The molecule has 3 atom stereocenters. The van der Waals surface area contributed by atoms with Crippen molar-refractivity contribution in [3.63, 3.8) is 0 Å². The fourth-order valence-electron chi connectivity index (χ4n) is 12.2. The van der Waals surface area contributed by atoms with Gasteiger partial charge in [0.25, 0.3) is 0 Å².